The molecule has 0 saturated carbocycles. The van der Waals surface area contributed by atoms with Crippen molar-refractivity contribution in [2.24, 2.45) is 0 Å². The molecule has 2 atom stereocenters. The molecule has 4 rings (SSSR count). The van der Waals surface area contributed by atoms with Crippen molar-refractivity contribution >= 4 is 29.1 Å². The summed E-state index contributed by atoms with van der Waals surface area (Å²) >= 11 is 0. The van der Waals surface area contributed by atoms with Gasteiger partial charge in [-0.3, -0.25) is 9.59 Å². The highest BCUT2D eigenvalue weighted by atomic mass is 16.5. The Kier molecular flexibility index (Phi) is 6.58. The minimum Gasteiger partial charge on any atom is -0.444 e. The molecule has 32 heavy (non-hydrogen) atoms. The number of ether oxygens (including phenoxy) is 2. The van der Waals surface area contributed by atoms with E-state index in [-0.39, 0.29) is 12.5 Å². The van der Waals surface area contributed by atoms with Gasteiger partial charge in [0.1, 0.15) is 18.2 Å². The van der Waals surface area contributed by atoms with Gasteiger partial charge in [0, 0.05) is 37.7 Å². The fourth-order valence-electron chi connectivity index (χ4n) is 4.08. The van der Waals surface area contributed by atoms with Crippen molar-refractivity contribution in [3.8, 4) is 0 Å². The van der Waals surface area contributed by atoms with Gasteiger partial charge >= 0.3 is 0 Å². The van der Waals surface area contributed by atoms with Crippen LogP contribution in [0.1, 0.15) is 17.4 Å². The lowest BCUT2D eigenvalue weighted by Crippen LogP contribution is -2.59. The first-order valence-corrected chi connectivity index (χ1v) is 10.3. The molecule has 3 aromatic rings. The van der Waals surface area contributed by atoms with Crippen LogP contribution in [0.3, 0.4) is 0 Å². The highest BCUT2D eigenvalue weighted by molar-refractivity contribution is 5.88. The number of carbonyl (C=O) groups excluding carboxylic acids is 2. The smallest absolute Gasteiger partial charge is 0.294 e. The van der Waals surface area contributed by atoms with E-state index >= 15 is 0 Å². The van der Waals surface area contributed by atoms with Gasteiger partial charge in [-0.1, -0.05) is 36.4 Å². The van der Waals surface area contributed by atoms with E-state index in [0.717, 1.165) is 22.0 Å². The average molecular weight is 435 g/mol. The largest absolute Gasteiger partial charge is 0.444 e. The SMILES string of the molecule is COCC1C(=O)N(Cc2ccc3c(N)ncnc3c2)CCN1C(OC=O)c1ccccc1. The maximum absolute atomic E-state index is 13.4. The van der Waals surface area contributed by atoms with Gasteiger partial charge in [-0.25, -0.2) is 14.9 Å². The van der Waals surface area contributed by atoms with Gasteiger partial charge < -0.3 is 20.1 Å². The first-order valence-electron chi connectivity index (χ1n) is 10.3. The van der Waals surface area contributed by atoms with Gasteiger partial charge in [0.05, 0.1) is 12.1 Å². The molecular weight excluding hydrogens is 410 g/mol. The minimum absolute atomic E-state index is 0.0872. The van der Waals surface area contributed by atoms with Crippen molar-refractivity contribution in [3.63, 3.8) is 0 Å². The third-order valence-corrected chi connectivity index (χ3v) is 5.63. The molecule has 2 N–H and O–H groups in total. The minimum atomic E-state index is -0.666. The summed E-state index contributed by atoms with van der Waals surface area (Å²) in [7, 11) is 1.55. The highest BCUT2D eigenvalue weighted by Gasteiger charge is 2.39. The van der Waals surface area contributed by atoms with Crippen LogP contribution in [0.25, 0.3) is 10.9 Å². The van der Waals surface area contributed by atoms with E-state index in [1.807, 2.05) is 53.4 Å². The number of nitrogen functional groups attached to an aromatic ring is 1. The fraction of sp³-hybridized carbons (Fsp3) is 0.304. The molecule has 0 spiro atoms. The molecule has 9 nitrogen and oxygen atoms in total. The van der Waals surface area contributed by atoms with Crippen molar-refractivity contribution < 1.29 is 19.1 Å². The van der Waals surface area contributed by atoms with E-state index in [9.17, 15) is 9.59 Å². The Hall–Kier alpha value is -3.56. The molecule has 1 amide bonds. The number of anilines is 1. The maximum Gasteiger partial charge on any atom is 0.294 e. The van der Waals surface area contributed by atoms with Crippen LogP contribution >= 0.6 is 0 Å². The zero-order valence-corrected chi connectivity index (χ0v) is 17.8. The van der Waals surface area contributed by atoms with Crippen molar-refractivity contribution in [1.29, 1.82) is 0 Å². The third-order valence-electron chi connectivity index (χ3n) is 5.63. The number of hydrogen-bond acceptors (Lipinski definition) is 8. The molecule has 166 valence electrons. The maximum atomic E-state index is 13.4. The van der Waals surface area contributed by atoms with Crippen molar-refractivity contribution in [2.75, 3.05) is 32.5 Å². The summed E-state index contributed by atoms with van der Waals surface area (Å²) in [6.45, 7) is 2.03. The molecule has 1 aliphatic rings. The van der Waals surface area contributed by atoms with E-state index < -0.39 is 12.3 Å². The topological polar surface area (TPSA) is 111 Å². The van der Waals surface area contributed by atoms with Crippen LogP contribution in [0.15, 0.2) is 54.9 Å². The summed E-state index contributed by atoms with van der Waals surface area (Å²) in [6, 6.07) is 14.5. The number of amides is 1. The van der Waals surface area contributed by atoms with Crippen LogP contribution in [0.5, 0.6) is 0 Å². The van der Waals surface area contributed by atoms with E-state index in [2.05, 4.69) is 9.97 Å². The van der Waals surface area contributed by atoms with Crippen LogP contribution in [-0.4, -0.2) is 65.0 Å². The fourth-order valence-corrected chi connectivity index (χ4v) is 4.08. The van der Waals surface area contributed by atoms with Gasteiger partial charge in [0.25, 0.3) is 6.47 Å². The third kappa shape index (κ3) is 4.39. The summed E-state index contributed by atoms with van der Waals surface area (Å²) in [6.07, 6.45) is 0.761. The number of methoxy groups -OCH3 is 1. The number of hydrogen-bond donors (Lipinski definition) is 1. The van der Waals surface area contributed by atoms with E-state index in [0.29, 0.717) is 31.9 Å². The molecule has 0 aliphatic carbocycles. The van der Waals surface area contributed by atoms with Gasteiger partial charge in [0.2, 0.25) is 5.91 Å². The first-order chi connectivity index (χ1) is 15.6. The number of aromatic nitrogens is 2. The van der Waals surface area contributed by atoms with Gasteiger partial charge in [-0.2, -0.15) is 0 Å². The van der Waals surface area contributed by atoms with Crippen LogP contribution < -0.4 is 5.73 Å². The molecule has 9 heteroatoms. The zero-order valence-electron chi connectivity index (χ0n) is 17.8. The number of rotatable bonds is 8. The Morgan fingerprint density at radius 2 is 2.00 bits per heavy atom. The Balaban J connectivity index is 1.56. The van der Waals surface area contributed by atoms with Gasteiger partial charge in [-0.15, -0.1) is 0 Å². The second-order valence-corrected chi connectivity index (χ2v) is 7.57. The van der Waals surface area contributed by atoms with Crippen LogP contribution in [0, 0.1) is 0 Å². The summed E-state index contributed by atoms with van der Waals surface area (Å²) in [5, 5.41) is 0.779. The van der Waals surface area contributed by atoms with Crippen LogP contribution in [-0.2, 0) is 25.6 Å². The number of nitrogens with two attached hydrogens (primary N) is 1. The standard InChI is InChI=1S/C23H25N5O4/c1-31-13-20-22(30)27(12-16-7-8-18-19(11-16)25-14-26-21(18)24)9-10-28(20)23(32-15-29)17-5-3-2-4-6-17/h2-8,11,14-15,20,23H,9-10,12-13H2,1H3,(H2,24,25,26). The van der Waals surface area contributed by atoms with E-state index in [1.54, 1.807) is 12.0 Å². The number of nitrogens with zero attached hydrogens (tertiary/aromatic N) is 4. The molecule has 2 aromatic carbocycles. The number of piperazine rings is 1. The summed E-state index contributed by atoms with van der Waals surface area (Å²) in [5.41, 5.74) is 8.38. The highest BCUT2D eigenvalue weighted by Crippen LogP contribution is 2.28. The van der Waals surface area contributed by atoms with E-state index in [4.69, 9.17) is 15.2 Å². The Bertz CT molecular complexity index is 1090. The predicted molar refractivity (Wildman–Crippen MR) is 118 cm³/mol. The van der Waals surface area contributed by atoms with Crippen LogP contribution in [0.4, 0.5) is 5.82 Å². The van der Waals surface area contributed by atoms with Crippen molar-refractivity contribution in [2.45, 2.75) is 18.8 Å². The molecule has 1 saturated heterocycles. The molecule has 1 fully saturated rings. The Morgan fingerprint density at radius 1 is 1.19 bits per heavy atom. The van der Waals surface area contributed by atoms with Crippen LogP contribution in [0.2, 0.25) is 0 Å². The average Bonchev–Trinajstić information content (AvgIpc) is 2.81. The molecule has 1 aromatic heterocycles. The lowest BCUT2D eigenvalue weighted by Gasteiger charge is -2.43. The molecular formula is C23H25N5O4. The zero-order chi connectivity index (χ0) is 22.5. The molecule has 0 bridgehead atoms. The molecule has 2 heterocycles. The number of carbonyl (C=O) groups is 2. The normalized spacial score (nSPS) is 18.0. The summed E-state index contributed by atoms with van der Waals surface area (Å²) < 4.78 is 10.8. The van der Waals surface area contributed by atoms with Gasteiger partial charge in [-0.05, 0) is 17.7 Å². The monoisotopic (exact) mass is 435 g/mol. The predicted octanol–water partition coefficient (Wildman–Crippen LogP) is 1.74. The number of benzene rings is 2. The second kappa shape index (κ2) is 9.71. The molecule has 1 aliphatic heterocycles. The number of fused-ring (bicyclic) bond motifs is 1. The summed E-state index contributed by atoms with van der Waals surface area (Å²) in [5.74, 6) is 0.337. The lowest BCUT2D eigenvalue weighted by molar-refractivity contribution is -0.166. The van der Waals surface area contributed by atoms with Crippen molar-refractivity contribution in [1.82, 2.24) is 19.8 Å². The Labute approximate surface area is 185 Å². The van der Waals surface area contributed by atoms with E-state index in [1.165, 1.54) is 6.33 Å². The summed E-state index contributed by atoms with van der Waals surface area (Å²) in [4.78, 5) is 36.6. The molecule has 0 radical (unpaired) electrons. The molecule has 2 unspecified atom stereocenters. The second-order valence-electron chi connectivity index (χ2n) is 7.57. The quantitative estimate of drug-likeness (QED) is 0.533. The van der Waals surface area contributed by atoms with Gasteiger partial charge in [0.15, 0.2) is 6.23 Å². The first kappa shape index (κ1) is 21.7. The lowest BCUT2D eigenvalue weighted by atomic mass is 10.1. The Morgan fingerprint density at radius 3 is 2.75 bits per heavy atom. The van der Waals surface area contributed by atoms with Crippen molar-refractivity contribution in [3.05, 3.63) is 66.0 Å².